The molecule has 0 spiro atoms. The molecular formula is C12H16FN5O3. The number of halogens is 1. The lowest BCUT2D eigenvalue weighted by atomic mass is 9.85. The normalized spacial score (nSPS) is 31.9. The van der Waals surface area contributed by atoms with Crippen LogP contribution in [-0.2, 0) is 4.74 Å². The van der Waals surface area contributed by atoms with Gasteiger partial charge in [-0.1, -0.05) is 19.0 Å². The Morgan fingerprint density at radius 2 is 2.33 bits per heavy atom. The third-order valence-electron chi connectivity index (χ3n) is 4.06. The van der Waals surface area contributed by atoms with Gasteiger partial charge in [-0.2, -0.15) is 0 Å². The summed E-state index contributed by atoms with van der Waals surface area (Å²) in [6.45, 7) is 3.43. The average molecular weight is 297 g/mol. The lowest BCUT2D eigenvalue weighted by molar-refractivity contribution is -0.0860. The SMILES string of the molecule is CC[C@@]1(CN=[N+]=[N-])O[C@@H](n2ccc(=O)[nH]c2=O)[C@H](F)[C@@H]1C. The smallest absolute Gasteiger partial charge is 0.330 e. The Labute approximate surface area is 119 Å². The van der Waals surface area contributed by atoms with Crippen molar-refractivity contribution in [1.82, 2.24) is 9.55 Å². The van der Waals surface area contributed by atoms with Gasteiger partial charge in [0.15, 0.2) is 12.4 Å². The Balaban J connectivity index is 2.41. The van der Waals surface area contributed by atoms with Crippen LogP contribution < -0.4 is 11.2 Å². The number of aromatic nitrogens is 2. The van der Waals surface area contributed by atoms with Crippen LogP contribution in [0.25, 0.3) is 10.4 Å². The zero-order valence-electron chi connectivity index (χ0n) is 11.7. The first kappa shape index (κ1) is 15.3. The molecule has 0 aliphatic carbocycles. The van der Waals surface area contributed by atoms with E-state index >= 15 is 0 Å². The molecule has 114 valence electrons. The number of aromatic amines is 1. The van der Waals surface area contributed by atoms with Crippen molar-refractivity contribution in [2.75, 3.05) is 6.54 Å². The second-order valence-corrected chi connectivity index (χ2v) is 5.07. The van der Waals surface area contributed by atoms with Crippen molar-refractivity contribution in [1.29, 1.82) is 0 Å². The summed E-state index contributed by atoms with van der Waals surface area (Å²) >= 11 is 0. The number of hydrogen-bond acceptors (Lipinski definition) is 4. The van der Waals surface area contributed by atoms with E-state index in [0.29, 0.717) is 6.42 Å². The molecule has 1 saturated heterocycles. The number of alkyl halides is 1. The summed E-state index contributed by atoms with van der Waals surface area (Å²) in [5, 5.41) is 3.49. The second-order valence-electron chi connectivity index (χ2n) is 5.07. The molecule has 8 nitrogen and oxygen atoms in total. The van der Waals surface area contributed by atoms with Crippen molar-refractivity contribution in [2.24, 2.45) is 11.0 Å². The topological polar surface area (TPSA) is 113 Å². The second kappa shape index (κ2) is 5.71. The van der Waals surface area contributed by atoms with Crippen LogP contribution in [0.3, 0.4) is 0 Å². The third kappa shape index (κ3) is 2.57. The van der Waals surface area contributed by atoms with E-state index in [0.717, 1.165) is 10.6 Å². The maximum Gasteiger partial charge on any atom is 0.330 e. The molecule has 0 bridgehead atoms. The zero-order valence-corrected chi connectivity index (χ0v) is 11.7. The molecule has 1 fully saturated rings. The molecule has 1 aliphatic heterocycles. The maximum atomic E-state index is 14.5. The Bertz CT molecular complexity index is 680. The van der Waals surface area contributed by atoms with E-state index in [1.165, 1.54) is 6.20 Å². The monoisotopic (exact) mass is 297 g/mol. The fourth-order valence-electron chi connectivity index (χ4n) is 2.64. The van der Waals surface area contributed by atoms with Crippen molar-refractivity contribution >= 4 is 0 Å². The molecule has 0 amide bonds. The third-order valence-corrected chi connectivity index (χ3v) is 4.06. The molecule has 0 aromatic carbocycles. The van der Waals surface area contributed by atoms with Gasteiger partial charge in [0.1, 0.15) is 0 Å². The summed E-state index contributed by atoms with van der Waals surface area (Å²) in [5.41, 5.74) is 6.19. The van der Waals surface area contributed by atoms with E-state index in [2.05, 4.69) is 15.0 Å². The summed E-state index contributed by atoms with van der Waals surface area (Å²) in [5.74, 6) is -0.558. The highest BCUT2D eigenvalue weighted by Crippen LogP contribution is 2.44. The lowest BCUT2D eigenvalue weighted by Crippen LogP contribution is -2.38. The first-order valence-corrected chi connectivity index (χ1v) is 6.59. The van der Waals surface area contributed by atoms with Gasteiger partial charge in [-0.25, -0.2) is 9.18 Å². The van der Waals surface area contributed by atoms with Crippen LogP contribution in [0.15, 0.2) is 27.0 Å². The Morgan fingerprint density at radius 3 is 2.90 bits per heavy atom. The van der Waals surface area contributed by atoms with Crippen molar-refractivity contribution < 1.29 is 9.13 Å². The highest BCUT2D eigenvalue weighted by atomic mass is 19.1. The van der Waals surface area contributed by atoms with Crippen LogP contribution in [0.2, 0.25) is 0 Å². The molecule has 9 heteroatoms. The molecule has 1 N–H and O–H groups in total. The van der Waals surface area contributed by atoms with Gasteiger partial charge in [0.05, 0.1) is 12.1 Å². The molecule has 0 unspecified atom stereocenters. The van der Waals surface area contributed by atoms with Crippen LogP contribution in [0.5, 0.6) is 0 Å². The van der Waals surface area contributed by atoms with Gasteiger partial charge in [0, 0.05) is 23.1 Å². The van der Waals surface area contributed by atoms with Crippen LogP contribution >= 0.6 is 0 Å². The van der Waals surface area contributed by atoms with Crippen LogP contribution in [0.4, 0.5) is 4.39 Å². The number of ether oxygens (including phenoxy) is 1. The van der Waals surface area contributed by atoms with Gasteiger partial charge in [-0.3, -0.25) is 14.3 Å². The van der Waals surface area contributed by atoms with E-state index in [1.54, 1.807) is 13.8 Å². The number of nitrogens with one attached hydrogen (secondary N) is 1. The zero-order chi connectivity index (χ0) is 15.6. The minimum Gasteiger partial charge on any atom is -0.348 e. The largest absolute Gasteiger partial charge is 0.348 e. The maximum absolute atomic E-state index is 14.5. The molecule has 0 radical (unpaired) electrons. The summed E-state index contributed by atoms with van der Waals surface area (Å²) in [6.07, 6.45) is -0.979. The molecule has 1 aliphatic rings. The van der Waals surface area contributed by atoms with Crippen molar-refractivity contribution in [3.63, 3.8) is 0 Å². The standard InChI is InChI=1S/C12H16FN5O3/c1-3-12(6-15-17-14)7(2)9(13)10(21-12)18-5-4-8(19)16-11(18)20/h4-5,7,9-10H,3,6H2,1-2H3,(H,16,19,20)/t7-,9+,10+,12-/m0/s1. The molecule has 0 saturated carbocycles. The Kier molecular flexibility index (Phi) is 4.15. The van der Waals surface area contributed by atoms with Crippen LogP contribution in [-0.4, -0.2) is 27.9 Å². The minimum atomic E-state index is -1.46. The highest BCUT2D eigenvalue weighted by molar-refractivity contribution is 5.00. The van der Waals surface area contributed by atoms with Gasteiger partial charge in [-0.05, 0) is 12.0 Å². The van der Waals surface area contributed by atoms with E-state index in [9.17, 15) is 14.0 Å². The fraction of sp³-hybridized carbons (Fsp3) is 0.667. The first-order valence-electron chi connectivity index (χ1n) is 6.59. The molecule has 2 rings (SSSR count). The number of rotatable bonds is 4. The Hall–Kier alpha value is -2.12. The quantitative estimate of drug-likeness (QED) is 0.516. The summed E-state index contributed by atoms with van der Waals surface area (Å²) in [7, 11) is 0. The van der Waals surface area contributed by atoms with E-state index in [1.807, 2.05) is 0 Å². The highest BCUT2D eigenvalue weighted by Gasteiger charge is 2.52. The number of hydrogen-bond donors (Lipinski definition) is 1. The number of H-pyrrole nitrogens is 1. The van der Waals surface area contributed by atoms with Crippen molar-refractivity contribution in [2.45, 2.75) is 38.3 Å². The number of nitrogens with zero attached hydrogens (tertiary/aromatic N) is 4. The predicted octanol–water partition coefficient (Wildman–Crippen LogP) is 1.50. The van der Waals surface area contributed by atoms with Crippen molar-refractivity contribution in [3.8, 4) is 0 Å². The van der Waals surface area contributed by atoms with Gasteiger partial charge in [0.25, 0.3) is 5.56 Å². The van der Waals surface area contributed by atoms with E-state index in [-0.39, 0.29) is 6.54 Å². The number of azide groups is 1. The van der Waals surface area contributed by atoms with Gasteiger partial charge in [0.2, 0.25) is 0 Å². The average Bonchev–Trinajstić information content (AvgIpc) is 2.71. The van der Waals surface area contributed by atoms with Gasteiger partial charge in [-0.15, -0.1) is 0 Å². The van der Waals surface area contributed by atoms with E-state index < -0.39 is 35.2 Å². The van der Waals surface area contributed by atoms with Gasteiger partial charge >= 0.3 is 5.69 Å². The molecule has 1 aromatic heterocycles. The summed E-state index contributed by atoms with van der Waals surface area (Å²) < 4.78 is 21.3. The minimum absolute atomic E-state index is 0.0177. The molecule has 4 atom stereocenters. The molecule has 21 heavy (non-hydrogen) atoms. The molecule has 2 heterocycles. The van der Waals surface area contributed by atoms with Crippen LogP contribution in [0, 0.1) is 5.92 Å². The fourth-order valence-corrected chi connectivity index (χ4v) is 2.64. The summed E-state index contributed by atoms with van der Waals surface area (Å²) in [4.78, 5) is 27.6. The van der Waals surface area contributed by atoms with E-state index in [4.69, 9.17) is 10.3 Å². The van der Waals surface area contributed by atoms with Crippen molar-refractivity contribution in [3.05, 3.63) is 43.5 Å². The predicted molar refractivity (Wildman–Crippen MR) is 72.5 cm³/mol. The molecular weight excluding hydrogens is 281 g/mol. The molecule has 1 aromatic rings. The lowest BCUT2D eigenvalue weighted by Gasteiger charge is -2.29. The summed E-state index contributed by atoms with van der Waals surface area (Å²) in [6, 6.07) is 1.13. The van der Waals surface area contributed by atoms with Crippen LogP contribution in [0.1, 0.15) is 26.5 Å². The Morgan fingerprint density at radius 1 is 1.62 bits per heavy atom. The first-order chi connectivity index (χ1) is 9.95. The van der Waals surface area contributed by atoms with Gasteiger partial charge < -0.3 is 4.74 Å².